The molecule has 0 radical (unpaired) electrons. The molecule has 1 heterocycles. The Bertz CT molecular complexity index is 762. The molecule has 1 aliphatic carbocycles. The Morgan fingerprint density at radius 1 is 1.27 bits per heavy atom. The summed E-state index contributed by atoms with van der Waals surface area (Å²) in [6.45, 7) is 0.179. The molecular weight excluding hydrogens is 332 g/mol. The van der Waals surface area contributed by atoms with Crippen molar-refractivity contribution in [3.05, 3.63) is 27.0 Å². The number of aromatic nitrogens is 2. The summed E-state index contributed by atoms with van der Waals surface area (Å²) >= 11 is 0. The van der Waals surface area contributed by atoms with Gasteiger partial charge in [0.1, 0.15) is 0 Å². The van der Waals surface area contributed by atoms with Crippen LogP contribution in [0.25, 0.3) is 0 Å². The van der Waals surface area contributed by atoms with Crippen LogP contribution in [0.15, 0.2) is 20.7 Å². The molecule has 1 saturated carbocycles. The lowest BCUT2D eigenvalue weighted by atomic mass is 10.0. The molecule has 0 aliphatic heterocycles. The molecule has 0 atom stereocenters. The van der Waals surface area contributed by atoms with Crippen molar-refractivity contribution in [3.8, 4) is 0 Å². The number of rotatable bonds is 4. The highest BCUT2D eigenvalue weighted by Gasteiger charge is 2.37. The van der Waals surface area contributed by atoms with Crippen LogP contribution in [0.5, 0.6) is 0 Å². The molecule has 1 aromatic rings. The second-order valence-corrected chi connectivity index (χ2v) is 7.20. The number of nitrogens with two attached hydrogens (primary N) is 1. The van der Waals surface area contributed by atoms with E-state index in [2.05, 4.69) is 4.72 Å². The predicted octanol–water partition coefficient (Wildman–Crippen LogP) is -0.944. The van der Waals surface area contributed by atoms with Gasteiger partial charge < -0.3 is 10.3 Å². The lowest BCUT2D eigenvalue weighted by Gasteiger charge is -2.28. The molecule has 1 fully saturated rings. The Morgan fingerprint density at radius 2 is 1.82 bits per heavy atom. The molecule has 1 aliphatic rings. The van der Waals surface area contributed by atoms with E-state index in [1.165, 1.54) is 14.1 Å². The van der Waals surface area contributed by atoms with Gasteiger partial charge >= 0.3 is 5.69 Å². The van der Waals surface area contributed by atoms with Gasteiger partial charge in [-0.1, -0.05) is 12.8 Å². The van der Waals surface area contributed by atoms with Crippen LogP contribution < -0.4 is 21.7 Å². The van der Waals surface area contributed by atoms with E-state index in [1.54, 1.807) is 0 Å². The third-order valence-corrected chi connectivity index (χ3v) is 5.57. The van der Waals surface area contributed by atoms with Crippen molar-refractivity contribution in [2.75, 3.05) is 6.54 Å². The summed E-state index contributed by atoms with van der Waals surface area (Å²) in [5.41, 5.74) is 3.60. The second kappa shape index (κ2) is 6.53. The van der Waals surface area contributed by atoms with Crippen LogP contribution in [0.1, 0.15) is 25.7 Å². The highest BCUT2D eigenvalue weighted by molar-refractivity contribution is 7.89. The highest BCUT2D eigenvalue weighted by Crippen LogP contribution is 2.29. The van der Waals surface area contributed by atoms with Crippen LogP contribution in [-0.2, 0) is 24.1 Å². The Morgan fingerprint density at radius 3 is 2.32 bits per heavy atom. The molecule has 0 unspecified atom stereocenters. The maximum atomic E-state index is 12.5. The van der Waals surface area contributed by atoms with Crippen molar-refractivity contribution in [2.24, 2.45) is 19.8 Å². The second-order valence-electron chi connectivity index (χ2n) is 5.55. The number of hydrogen-bond donors (Lipinski definition) is 2. The lowest BCUT2D eigenvalue weighted by molar-refractivity contribution is 0.398. The summed E-state index contributed by atoms with van der Waals surface area (Å²) in [6.07, 6.45) is 4.13. The van der Waals surface area contributed by atoms with Crippen LogP contribution in [0.3, 0.4) is 0 Å². The van der Waals surface area contributed by atoms with E-state index in [9.17, 15) is 18.0 Å². The number of nitrogens with one attached hydrogen (secondary N) is 1. The van der Waals surface area contributed by atoms with Crippen molar-refractivity contribution in [2.45, 2.75) is 36.1 Å². The Kier molecular flexibility index (Phi) is 5.61. The van der Waals surface area contributed by atoms with Gasteiger partial charge in [-0.25, -0.2) is 17.9 Å². The van der Waals surface area contributed by atoms with Gasteiger partial charge in [0.05, 0.1) is 0 Å². The summed E-state index contributed by atoms with van der Waals surface area (Å²) in [5, 5.41) is 0. The van der Waals surface area contributed by atoms with Crippen LogP contribution in [0.4, 0.5) is 0 Å². The minimum Gasteiger partial charge on any atom is -0.329 e. The van der Waals surface area contributed by atoms with E-state index in [1.807, 2.05) is 0 Å². The highest BCUT2D eigenvalue weighted by atomic mass is 35.5. The first-order valence-electron chi connectivity index (χ1n) is 6.73. The van der Waals surface area contributed by atoms with E-state index in [4.69, 9.17) is 5.73 Å². The lowest BCUT2D eigenvalue weighted by Crippen LogP contribution is -2.53. The van der Waals surface area contributed by atoms with E-state index in [-0.39, 0.29) is 19.0 Å². The Labute approximate surface area is 134 Å². The molecule has 1 aromatic heterocycles. The van der Waals surface area contributed by atoms with Crippen LogP contribution in [0, 0.1) is 0 Å². The van der Waals surface area contributed by atoms with Gasteiger partial charge in [0.15, 0.2) is 4.90 Å². The first-order valence-corrected chi connectivity index (χ1v) is 8.21. The fourth-order valence-corrected chi connectivity index (χ4v) is 4.33. The monoisotopic (exact) mass is 352 g/mol. The van der Waals surface area contributed by atoms with E-state index in [0.29, 0.717) is 12.8 Å². The minimum atomic E-state index is -4.03. The molecule has 126 valence electrons. The van der Waals surface area contributed by atoms with Crippen molar-refractivity contribution in [3.63, 3.8) is 0 Å². The van der Waals surface area contributed by atoms with Gasteiger partial charge in [-0.05, 0) is 12.8 Å². The largest absolute Gasteiger partial charge is 0.330 e. The number of nitrogens with zero attached hydrogens (tertiary/aromatic N) is 2. The average molecular weight is 353 g/mol. The molecular formula is C12H21ClN4O4S. The Balaban J connectivity index is 0.00000242. The van der Waals surface area contributed by atoms with E-state index in [0.717, 1.165) is 28.2 Å². The van der Waals surface area contributed by atoms with Gasteiger partial charge in [-0.15, -0.1) is 12.4 Å². The molecule has 0 bridgehead atoms. The molecule has 10 heteroatoms. The van der Waals surface area contributed by atoms with E-state index < -0.39 is 31.7 Å². The molecule has 0 spiro atoms. The number of aryl methyl sites for hydroxylation is 1. The number of halogens is 1. The van der Waals surface area contributed by atoms with Crippen molar-refractivity contribution in [1.29, 1.82) is 0 Å². The standard InChI is InChI=1S/C12H20N4O4S.ClH/c1-15-7-9(10(17)16(2)11(15)18)21(19,20)14-12(8-13)5-3-4-6-12;/h7,14H,3-6,8,13H2,1-2H3;1H. The Hall–Kier alpha value is -1.16. The zero-order chi connectivity index (χ0) is 15.8. The van der Waals surface area contributed by atoms with Gasteiger partial charge in [0, 0.05) is 32.4 Å². The molecule has 0 amide bonds. The van der Waals surface area contributed by atoms with E-state index >= 15 is 0 Å². The maximum absolute atomic E-state index is 12.5. The number of hydrogen-bond acceptors (Lipinski definition) is 5. The summed E-state index contributed by atoms with van der Waals surface area (Å²) in [5.74, 6) is 0. The van der Waals surface area contributed by atoms with Gasteiger partial charge in [0.2, 0.25) is 10.0 Å². The first-order chi connectivity index (χ1) is 9.72. The third kappa shape index (κ3) is 3.27. The average Bonchev–Trinajstić information content (AvgIpc) is 2.88. The normalized spacial score (nSPS) is 17.2. The topological polar surface area (TPSA) is 116 Å². The zero-order valence-corrected chi connectivity index (χ0v) is 14.2. The number of sulfonamides is 1. The summed E-state index contributed by atoms with van der Waals surface area (Å²) in [7, 11) is -1.38. The van der Waals surface area contributed by atoms with Gasteiger partial charge in [-0.2, -0.15) is 0 Å². The molecule has 22 heavy (non-hydrogen) atoms. The van der Waals surface area contributed by atoms with Gasteiger partial charge in [0.25, 0.3) is 5.56 Å². The molecule has 3 N–H and O–H groups in total. The summed E-state index contributed by atoms with van der Waals surface area (Å²) in [6, 6.07) is 0. The van der Waals surface area contributed by atoms with Crippen molar-refractivity contribution >= 4 is 22.4 Å². The van der Waals surface area contributed by atoms with Crippen molar-refractivity contribution in [1.82, 2.24) is 13.9 Å². The first kappa shape index (κ1) is 18.9. The smallest absolute Gasteiger partial charge is 0.329 e. The maximum Gasteiger partial charge on any atom is 0.330 e. The summed E-state index contributed by atoms with van der Waals surface area (Å²) in [4.78, 5) is 23.2. The minimum absolute atomic E-state index is 0. The zero-order valence-electron chi connectivity index (χ0n) is 12.5. The SMILES string of the molecule is Cl.Cn1cc(S(=O)(=O)NC2(CN)CCCC2)c(=O)n(C)c1=O. The summed E-state index contributed by atoms with van der Waals surface area (Å²) < 4.78 is 29.4. The third-order valence-electron chi connectivity index (χ3n) is 4.01. The molecule has 8 nitrogen and oxygen atoms in total. The molecule has 0 saturated heterocycles. The molecule has 0 aromatic carbocycles. The quantitative estimate of drug-likeness (QED) is 0.725. The van der Waals surface area contributed by atoms with Crippen LogP contribution in [0.2, 0.25) is 0 Å². The van der Waals surface area contributed by atoms with Crippen LogP contribution >= 0.6 is 12.4 Å². The molecule has 2 rings (SSSR count). The fourth-order valence-electron chi connectivity index (χ4n) is 2.70. The van der Waals surface area contributed by atoms with Crippen molar-refractivity contribution < 1.29 is 8.42 Å². The predicted molar refractivity (Wildman–Crippen MR) is 84.7 cm³/mol. The fraction of sp³-hybridized carbons (Fsp3) is 0.667. The van der Waals surface area contributed by atoms with Gasteiger partial charge in [-0.3, -0.25) is 9.36 Å². The van der Waals surface area contributed by atoms with Crippen LogP contribution in [-0.4, -0.2) is 29.6 Å².